The van der Waals surface area contributed by atoms with Crippen LogP contribution >= 0.6 is 11.6 Å². The number of carbonyl (C=O) groups is 2. The molecule has 2 amide bonds. The summed E-state index contributed by atoms with van der Waals surface area (Å²) in [5, 5.41) is 14.2. The summed E-state index contributed by atoms with van der Waals surface area (Å²) >= 11 is 5.94. The number of amides is 2. The molecule has 0 heterocycles. The van der Waals surface area contributed by atoms with Crippen LogP contribution in [0.3, 0.4) is 0 Å². The average Bonchev–Trinajstić information content (AvgIpc) is 2.37. The van der Waals surface area contributed by atoms with Gasteiger partial charge in [0.25, 0.3) is 0 Å². The summed E-state index contributed by atoms with van der Waals surface area (Å²) in [6.45, 7) is 3.41. The van der Waals surface area contributed by atoms with Gasteiger partial charge in [0.2, 0.25) is 0 Å². The van der Waals surface area contributed by atoms with E-state index in [0.717, 1.165) is 0 Å². The zero-order chi connectivity index (χ0) is 15.3. The lowest BCUT2D eigenvalue weighted by Crippen LogP contribution is -2.46. The molecular weight excluding hydrogens is 284 g/mol. The van der Waals surface area contributed by atoms with Crippen LogP contribution in [-0.2, 0) is 4.79 Å². The summed E-state index contributed by atoms with van der Waals surface area (Å²) < 4.78 is 5.02. The van der Waals surface area contributed by atoms with Crippen LogP contribution < -0.4 is 15.4 Å². The Morgan fingerprint density at radius 2 is 2.00 bits per heavy atom. The lowest BCUT2D eigenvalue weighted by molar-refractivity contribution is -0.140. The minimum absolute atomic E-state index is 0.237. The van der Waals surface area contributed by atoms with Crippen LogP contribution in [0.1, 0.15) is 13.8 Å². The van der Waals surface area contributed by atoms with Crippen molar-refractivity contribution in [1.29, 1.82) is 0 Å². The number of benzene rings is 1. The van der Waals surface area contributed by atoms with Gasteiger partial charge in [0.15, 0.2) is 0 Å². The first kappa shape index (κ1) is 16.1. The number of hydrogen-bond donors (Lipinski definition) is 3. The van der Waals surface area contributed by atoms with Crippen LogP contribution in [0.4, 0.5) is 10.5 Å². The number of ether oxygens (including phenoxy) is 1. The molecule has 6 nitrogen and oxygen atoms in total. The summed E-state index contributed by atoms with van der Waals surface area (Å²) in [6, 6.07) is 3.17. The van der Waals surface area contributed by atoms with E-state index in [2.05, 4.69) is 10.6 Å². The van der Waals surface area contributed by atoms with Crippen molar-refractivity contribution in [1.82, 2.24) is 5.32 Å². The van der Waals surface area contributed by atoms with Crippen LogP contribution in [0.5, 0.6) is 5.75 Å². The smallest absolute Gasteiger partial charge is 0.326 e. The number of carbonyl (C=O) groups excluding carboxylic acids is 1. The molecule has 0 saturated heterocycles. The second kappa shape index (κ2) is 7.00. The number of rotatable bonds is 5. The zero-order valence-corrected chi connectivity index (χ0v) is 12.2. The van der Waals surface area contributed by atoms with Gasteiger partial charge in [-0.05, 0) is 18.1 Å². The van der Waals surface area contributed by atoms with Crippen molar-refractivity contribution in [2.75, 3.05) is 12.4 Å². The fraction of sp³-hybridized carbons (Fsp3) is 0.385. The van der Waals surface area contributed by atoms with Gasteiger partial charge in [0.1, 0.15) is 11.8 Å². The van der Waals surface area contributed by atoms with Gasteiger partial charge in [-0.25, -0.2) is 9.59 Å². The molecule has 20 heavy (non-hydrogen) atoms. The van der Waals surface area contributed by atoms with E-state index in [0.29, 0.717) is 16.5 Å². The van der Waals surface area contributed by atoms with Crippen molar-refractivity contribution in [3.8, 4) is 5.75 Å². The van der Waals surface area contributed by atoms with E-state index in [-0.39, 0.29) is 5.92 Å². The first-order valence-corrected chi connectivity index (χ1v) is 6.36. The normalized spacial score (nSPS) is 11.8. The second-order valence-electron chi connectivity index (χ2n) is 4.50. The Morgan fingerprint density at radius 3 is 2.50 bits per heavy atom. The van der Waals surface area contributed by atoms with E-state index in [9.17, 15) is 9.59 Å². The number of halogens is 1. The molecule has 0 saturated carbocycles. The monoisotopic (exact) mass is 300 g/mol. The van der Waals surface area contributed by atoms with Gasteiger partial charge in [-0.15, -0.1) is 0 Å². The SMILES string of the molecule is COc1ccc(Cl)c(NC(=O)N[C@H](C(=O)O)C(C)C)c1. The number of anilines is 1. The maximum Gasteiger partial charge on any atom is 0.326 e. The van der Waals surface area contributed by atoms with E-state index in [1.54, 1.807) is 32.0 Å². The van der Waals surface area contributed by atoms with Crippen molar-refractivity contribution in [2.45, 2.75) is 19.9 Å². The summed E-state index contributed by atoms with van der Waals surface area (Å²) in [6.07, 6.45) is 0. The molecular formula is C13H17ClN2O4. The van der Waals surface area contributed by atoms with Gasteiger partial charge in [0, 0.05) is 6.07 Å². The second-order valence-corrected chi connectivity index (χ2v) is 4.91. The quantitative estimate of drug-likeness (QED) is 0.780. The molecule has 0 aliphatic rings. The van der Waals surface area contributed by atoms with E-state index >= 15 is 0 Å². The number of methoxy groups -OCH3 is 1. The van der Waals surface area contributed by atoms with E-state index in [1.807, 2.05) is 0 Å². The van der Waals surface area contributed by atoms with E-state index < -0.39 is 18.0 Å². The number of hydrogen-bond acceptors (Lipinski definition) is 3. The molecule has 0 spiro atoms. The molecule has 0 unspecified atom stereocenters. The fourth-order valence-electron chi connectivity index (χ4n) is 1.54. The Labute approximate surface area is 122 Å². The van der Waals surface area contributed by atoms with Crippen molar-refractivity contribution in [3.63, 3.8) is 0 Å². The number of urea groups is 1. The minimum Gasteiger partial charge on any atom is -0.497 e. The highest BCUT2D eigenvalue weighted by molar-refractivity contribution is 6.33. The molecule has 1 atom stereocenters. The van der Waals surface area contributed by atoms with E-state index in [1.165, 1.54) is 7.11 Å². The van der Waals surface area contributed by atoms with Gasteiger partial charge in [0.05, 0.1) is 17.8 Å². The Bertz CT molecular complexity index is 505. The predicted octanol–water partition coefficient (Wildman–Crippen LogP) is 2.58. The molecule has 0 bridgehead atoms. The van der Waals surface area contributed by atoms with Gasteiger partial charge >= 0.3 is 12.0 Å². The third-order valence-electron chi connectivity index (χ3n) is 2.64. The largest absolute Gasteiger partial charge is 0.497 e. The third kappa shape index (κ3) is 4.31. The number of nitrogens with one attached hydrogen (secondary N) is 2. The first-order valence-electron chi connectivity index (χ1n) is 5.99. The Morgan fingerprint density at radius 1 is 1.35 bits per heavy atom. The summed E-state index contributed by atoms with van der Waals surface area (Å²) in [4.78, 5) is 22.8. The van der Waals surface area contributed by atoms with Crippen LogP contribution in [0.2, 0.25) is 5.02 Å². The maximum atomic E-state index is 11.8. The van der Waals surface area contributed by atoms with Gasteiger partial charge in [-0.2, -0.15) is 0 Å². The zero-order valence-electron chi connectivity index (χ0n) is 11.4. The highest BCUT2D eigenvalue weighted by Gasteiger charge is 2.23. The molecule has 1 rings (SSSR count). The molecule has 0 aliphatic carbocycles. The van der Waals surface area contributed by atoms with Gasteiger partial charge in [-0.1, -0.05) is 25.4 Å². The Balaban J connectivity index is 2.78. The molecule has 110 valence electrons. The molecule has 3 N–H and O–H groups in total. The van der Waals surface area contributed by atoms with Crippen molar-refractivity contribution in [3.05, 3.63) is 23.2 Å². The van der Waals surface area contributed by atoms with Crippen molar-refractivity contribution >= 4 is 29.3 Å². The molecule has 0 aromatic heterocycles. The minimum atomic E-state index is -1.09. The Kier molecular flexibility index (Phi) is 5.64. The molecule has 0 radical (unpaired) electrons. The van der Waals surface area contributed by atoms with E-state index in [4.69, 9.17) is 21.4 Å². The van der Waals surface area contributed by atoms with Crippen LogP contribution in [-0.4, -0.2) is 30.3 Å². The maximum absolute atomic E-state index is 11.8. The number of carboxylic acid groups (broad SMARTS) is 1. The third-order valence-corrected chi connectivity index (χ3v) is 2.97. The summed E-state index contributed by atoms with van der Waals surface area (Å²) in [5.74, 6) is -0.797. The van der Waals surface area contributed by atoms with Crippen LogP contribution in [0.15, 0.2) is 18.2 Å². The lowest BCUT2D eigenvalue weighted by Gasteiger charge is -2.18. The average molecular weight is 301 g/mol. The standard InChI is InChI=1S/C13H17ClN2O4/c1-7(2)11(12(17)18)16-13(19)15-10-6-8(20-3)4-5-9(10)14/h4-7,11H,1-3H3,(H,17,18)(H2,15,16,19)/t11-/m0/s1. The highest BCUT2D eigenvalue weighted by atomic mass is 35.5. The molecule has 0 aliphatic heterocycles. The van der Waals surface area contributed by atoms with Crippen molar-refractivity contribution in [2.24, 2.45) is 5.92 Å². The van der Waals surface area contributed by atoms with Crippen LogP contribution in [0.25, 0.3) is 0 Å². The predicted molar refractivity (Wildman–Crippen MR) is 76.4 cm³/mol. The molecule has 7 heteroatoms. The first-order chi connectivity index (χ1) is 9.35. The van der Waals surface area contributed by atoms with Crippen LogP contribution in [0, 0.1) is 5.92 Å². The fourth-order valence-corrected chi connectivity index (χ4v) is 1.71. The molecule has 0 fully saturated rings. The molecule has 1 aromatic rings. The van der Waals surface area contributed by atoms with Crippen molar-refractivity contribution < 1.29 is 19.4 Å². The number of carboxylic acids is 1. The summed E-state index contributed by atoms with van der Waals surface area (Å²) in [5.41, 5.74) is 0.344. The lowest BCUT2D eigenvalue weighted by atomic mass is 10.1. The number of aliphatic carboxylic acids is 1. The summed E-state index contributed by atoms with van der Waals surface area (Å²) in [7, 11) is 1.49. The van der Waals surface area contributed by atoms with Gasteiger partial charge < -0.3 is 20.5 Å². The Hall–Kier alpha value is -1.95. The van der Waals surface area contributed by atoms with Gasteiger partial charge in [-0.3, -0.25) is 0 Å². The topological polar surface area (TPSA) is 87.7 Å². The highest BCUT2D eigenvalue weighted by Crippen LogP contribution is 2.26. The molecule has 1 aromatic carbocycles.